The number of aromatic nitrogens is 3. The Morgan fingerprint density at radius 3 is 2.56 bits per heavy atom. The van der Waals surface area contributed by atoms with Crippen LogP contribution in [0.5, 0.6) is 5.75 Å². The summed E-state index contributed by atoms with van der Waals surface area (Å²) in [6.45, 7) is 2.95. The van der Waals surface area contributed by atoms with Crippen LogP contribution in [-0.2, 0) is 17.5 Å². The number of aryl methyl sites for hydroxylation is 1. The third-order valence-corrected chi connectivity index (χ3v) is 5.63. The van der Waals surface area contributed by atoms with Crippen LogP contribution in [0.15, 0.2) is 30.5 Å². The highest BCUT2D eigenvalue weighted by Gasteiger charge is 2.55. The summed E-state index contributed by atoms with van der Waals surface area (Å²) in [6.07, 6.45) is -3.09. The number of fused-ring (bicyclic) bond motifs is 1. The van der Waals surface area contributed by atoms with Crippen molar-refractivity contribution < 1.29 is 31.9 Å². The van der Waals surface area contributed by atoms with E-state index in [0.29, 0.717) is 11.5 Å². The fourth-order valence-electron chi connectivity index (χ4n) is 3.97. The highest BCUT2D eigenvalue weighted by molar-refractivity contribution is 5.86. The number of nitrogens with zero attached hydrogens (tertiary/aromatic N) is 4. The van der Waals surface area contributed by atoms with Crippen molar-refractivity contribution in [1.29, 1.82) is 0 Å². The molecule has 3 heterocycles. The molecule has 32 heavy (non-hydrogen) atoms. The molecule has 1 saturated heterocycles. The quantitative estimate of drug-likeness (QED) is 0.599. The number of pyridine rings is 1. The molecule has 1 amide bonds. The van der Waals surface area contributed by atoms with E-state index in [9.17, 15) is 31.9 Å². The molecular weight excluding hydrogens is 435 g/mol. The van der Waals surface area contributed by atoms with Crippen molar-refractivity contribution in [1.82, 2.24) is 19.7 Å². The Hall–Kier alpha value is -3.24. The zero-order valence-electron chi connectivity index (χ0n) is 17.1. The number of alkyl halides is 5. The highest BCUT2D eigenvalue weighted by atomic mass is 19.4. The lowest BCUT2D eigenvalue weighted by Crippen LogP contribution is -2.36. The van der Waals surface area contributed by atoms with Gasteiger partial charge in [-0.15, -0.1) is 0 Å². The standard InChI is InChI=1S/C21H19F5N4O2/c1-3-29-9-14(20(22,23)19(29)32)10-30-8-12-4-5-15(27-18(12)28-30)17-11(2)6-13(7-16(17)31)21(24,25)26/h4-8,14,31H,3,9-10H2,1-2H3. The van der Waals surface area contributed by atoms with E-state index in [-0.39, 0.29) is 42.1 Å². The largest absolute Gasteiger partial charge is 0.507 e. The lowest BCUT2D eigenvalue weighted by Gasteiger charge is -2.15. The monoisotopic (exact) mass is 454 g/mol. The molecule has 1 aliphatic rings. The molecule has 3 aromatic rings. The molecule has 6 nitrogen and oxygen atoms in total. The molecule has 0 aliphatic carbocycles. The third kappa shape index (κ3) is 3.65. The van der Waals surface area contributed by atoms with E-state index in [1.807, 2.05) is 0 Å². The van der Waals surface area contributed by atoms with Gasteiger partial charge in [-0.2, -0.15) is 27.1 Å². The number of hydrogen-bond donors (Lipinski definition) is 1. The van der Waals surface area contributed by atoms with Crippen LogP contribution in [0, 0.1) is 12.8 Å². The molecule has 11 heteroatoms. The van der Waals surface area contributed by atoms with Gasteiger partial charge in [0.15, 0.2) is 5.65 Å². The molecule has 0 saturated carbocycles. The fraction of sp³-hybridized carbons (Fsp3) is 0.381. The van der Waals surface area contributed by atoms with Crippen LogP contribution in [0.3, 0.4) is 0 Å². The number of carbonyl (C=O) groups is 1. The zero-order chi connectivity index (χ0) is 23.4. The van der Waals surface area contributed by atoms with E-state index in [1.165, 1.54) is 23.9 Å². The predicted octanol–water partition coefficient (Wildman–Crippen LogP) is 4.24. The summed E-state index contributed by atoms with van der Waals surface area (Å²) in [4.78, 5) is 17.2. The highest BCUT2D eigenvalue weighted by Crippen LogP contribution is 2.39. The van der Waals surface area contributed by atoms with E-state index in [0.717, 1.165) is 11.0 Å². The molecule has 2 aromatic heterocycles. The van der Waals surface area contributed by atoms with Gasteiger partial charge in [-0.05, 0) is 43.7 Å². The van der Waals surface area contributed by atoms with Gasteiger partial charge in [-0.1, -0.05) is 0 Å². The van der Waals surface area contributed by atoms with Crippen molar-refractivity contribution in [3.05, 3.63) is 41.6 Å². The van der Waals surface area contributed by atoms with Gasteiger partial charge >= 0.3 is 12.1 Å². The summed E-state index contributed by atoms with van der Waals surface area (Å²) < 4.78 is 68.8. The molecule has 0 spiro atoms. The third-order valence-electron chi connectivity index (χ3n) is 5.63. The molecule has 1 aromatic carbocycles. The topological polar surface area (TPSA) is 71.2 Å². The SMILES string of the molecule is CCN1CC(Cn2cc3ccc(-c4c(C)cc(C(F)(F)F)cc4O)nc3n2)C(F)(F)C1=O. The Balaban J connectivity index is 1.66. The number of halogens is 5. The van der Waals surface area contributed by atoms with E-state index in [1.54, 1.807) is 13.0 Å². The lowest BCUT2D eigenvalue weighted by molar-refractivity contribution is -0.151. The van der Waals surface area contributed by atoms with Gasteiger partial charge in [-0.3, -0.25) is 9.48 Å². The van der Waals surface area contributed by atoms with Gasteiger partial charge in [0.25, 0.3) is 5.91 Å². The van der Waals surface area contributed by atoms with Gasteiger partial charge in [-0.25, -0.2) is 4.98 Å². The summed E-state index contributed by atoms with van der Waals surface area (Å²) >= 11 is 0. The minimum atomic E-state index is -4.60. The second kappa shape index (κ2) is 7.42. The minimum Gasteiger partial charge on any atom is -0.507 e. The number of phenols is 1. The van der Waals surface area contributed by atoms with Gasteiger partial charge < -0.3 is 10.0 Å². The first-order valence-corrected chi connectivity index (χ1v) is 9.84. The first-order chi connectivity index (χ1) is 14.9. The zero-order valence-corrected chi connectivity index (χ0v) is 17.1. The number of carbonyl (C=O) groups excluding carboxylic acids is 1. The van der Waals surface area contributed by atoms with Crippen LogP contribution in [0.2, 0.25) is 0 Å². The number of likely N-dealkylation sites (tertiary alicyclic amines) is 1. The van der Waals surface area contributed by atoms with Crippen LogP contribution >= 0.6 is 0 Å². The fourth-order valence-corrected chi connectivity index (χ4v) is 3.97. The molecule has 1 N–H and O–H groups in total. The molecule has 1 fully saturated rings. The minimum absolute atomic E-state index is 0.0875. The van der Waals surface area contributed by atoms with Crippen molar-refractivity contribution in [3.8, 4) is 17.0 Å². The number of hydrogen-bond acceptors (Lipinski definition) is 4. The first kappa shape index (κ1) is 22.0. The number of phenolic OH excluding ortho intramolecular Hbond substituents is 1. The summed E-state index contributed by atoms with van der Waals surface area (Å²) in [5.74, 6) is -6.51. The summed E-state index contributed by atoms with van der Waals surface area (Å²) in [7, 11) is 0. The van der Waals surface area contributed by atoms with Gasteiger partial charge in [0.2, 0.25) is 0 Å². The number of rotatable bonds is 4. The summed E-state index contributed by atoms with van der Waals surface area (Å²) in [5.41, 5.74) is -0.297. The van der Waals surface area contributed by atoms with Crippen molar-refractivity contribution in [2.75, 3.05) is 13.1 Å². The number of benzene rings is 1. The number of amides is 1. The van der Waals surface area contributed by atoms with Crippen LogP contribution in [0.25, 0.3) is 22.3 Å². The molecular formula is C21H19F5N4O2. The van der Waals surface area contributed by atoms with E-state index >= 15 is 0 Å². The second-order valence-corrected chi connectivity index (χ2v) is 7.81. The summed E-state index contributed by atoms with van der Waals surface area (Å²) in [6, 6.07) is 4.65. The smallest absolute Gasteiger partial charge is 0.416 e. The van der Waals surface area contributed by atoms with E-state index < -0.39 is 35.2 Å². The maximum absolute atomic E-state index is 14.3. The Kier molecular flexibility index (Phi) is 5.09. The normalized spacial score (nSPS) is 18.7. The van der Waals surface area contributed by atoms with E-state index in [2.05, 4.69) is 10.1 Å². The lowest BCUT2D eigenvalue weighted by atomic mass is 10.00. The van der Waals surface area contributed by atoms with E-state index in [4.69, 9.17) is 0 Å². The van der Waals surface area contributed by atoms with Crippen molar-refractivity contribution in [3.63, 3.8) is 0 Å². The Labute approximate surface area is 179 Å². The van der Waals surface area contributed by atoms with Gasteiger partial charge in [0.1, 0.15) is 5.75 Å². The molecule has 0 bridgehead atoms. The van der Waals surface area contributed by atoms with Crippen molar-refractivity contribution >= 4 is 16.9 Å². The molecule has 4 rings (SSSR count). The average molecular weight is 454 g/mol. The molecule has 170 valence electrons. The maximum Gasteiger partial charge on any atom is 0.416 e. The maximum atomic E-state index is 14.3. The van der Waals surface area contributed by atoms with Crippen LogP contribution < -0.4 is 0 Å². The Morgan fingerprint density at radius 2 is 1.97 bits per heavy atom. The first-order valence-electron chi connectivity index (χ1n) is 9.84. The average Bonchev–Trinajstić information content (AvgIpc) is 3.19. The molecule has 1 unspecified atom stereocenters. The molecule has 1 atom stereocenters. The van der Waals surface area contributed by atoms with Gasteiger partial charge in [0, 0.05) is 30.2 Å². The Bertz CT molecular complexity index is 1180. The van der Waals surface area contributed by atoms with Crippen molar-refractivity contribution in [2.24, 2.45) is 5.92 Å². The molecule has 1 aliphatic heterocycles. The number of aromatic hydroxyl groups is 1. The predicted molar refractivity (Wildman–Crippen MR) is 105 cm³/mol. The Morgan fingerprint density at radius 1 is 1.25 bits per heavy atom. The van der Waals surface area contributed by atoms with Crippen LogP contribution in [0.1, 0.15) is 18.1 Å². The van der Waals surface area contributed by atoms with Crippen molar-refractivity contribution in [2.45, 2.75) is 32.5 Å². The van der Waals surface area contributed by atoms with Crippen LogP contribution in [0.4, 0.5) is 22.0 Å². The second-order valence-electron chi connectivity index (χ2n) is 7.81. The van der Waals surface area contributed by atoms with Crippen LogP contribution in [-0.4, -0.2) is 49.7 Å². The van der Waals surface area contributed by atoms with Gasteiger partial charge in [0.05, 0.1) is 23.7 Å². The molecule has 0 radical (unpaired) electrons. The summed E-state index contributed by atoms with van der Waals surface area (Å²) in [5, 5.41) is 14.9.